The molecule has 1 aliphatic heterocycles. The molecule has 0 aliphatic carbocycles. The van der Waals surface area contributed by atoms with Gasteiger partial charge in [0.15, 0.2) is 0 Å². The lowest BCUT2D eigenvalue weighted by molar-refractivity contribution is -0.122. The quantitative estimate of drug-likeness (QED) is 0.630. The van der Waals surface area contributed by atoms with E-state index in [2.05, 4.69) is 5.32 Å². The van der Waals surface area contributed by atoms with E-state index in [1.165, 1.54) is 33.5 Å². The normalized spacial score (nSPS) is 15.5. The Hall–Kier alpha value is -3.81. The number of hydrogen-bond donors (Lipinski definition) is 1. The number of urea groups is 1. The summed E-state index contributed by atoms with van der Waals surface area (Å²) in [6.07, 6.45) is 1.41. The summed E-state index contributed by atoms with van der Waals surface area (Å²) in [5.74, 6) is -0.198. The third kappa shape index (κ3) is 3.52. The van der Waals surface area contributed by atoms with E-state index in [0.717, 1.165) is 4.90 Å². The van der Waals surface area contributed by atoms with Gasteiger partial charge in [-0.2, -0.15) is 0 Å². The van der Waals surface area contributed by atoms with Crippen LogP contribution >= 0.6 is 0 Å². The molecule has 0 spiro atoms. The van der Waals surface area contributed by atoms with Gasteiger partial charge in [-0.15, -0.1) is 0 Å². The Bertz CT molecular complexity index is 965. The van der Waals surface area contributed by atoms with Crippen molar-refractivity contribution in [2.75, 3.05) is 26.2 Å². The number of rotatable bonds is 5. The molecule has 8 nitrogen and oxygen atoms in total. The summed E-state index contributed by atoms with van der Waals surface area (Å²) in [5.41, 5.74) is 0.582. The minimum absolute atomic E-state index is 0.164. The average Bonchev–Trinajstić information content (AvgIpc) is 2.71. The van der Waals surface area contributed by atoms with E-state index in [1.54, 1.807) is 36.4 Å². The molecule has 144 valence electrons. The van der Waals surface area contributed by atoms with Crippen LogP contribution in [0.15, 0.2) is 48.0 Å². The lowest BCUT2D eigenvalue weighted by Gasteiger charge is -2.27. The smallest absolute Gasteiger partial charge is 0.336 e. The Morgan fingerprint density at radius 2 is 1.50 bits per heavy atom. The van der Waals surface area contributed by atoms with Crippen molar-refractivity contribution in [1.29, 1.82) is 0 Å². The highest BCUT2D eigenvalue weighted by Crippen LogP contribution is 2.34. The maximum absolute atomic E-state index is 13.0. The van der Waals surface area contributed by atoms with Gasteiger partial charge in [0.05, 0.1) is 27.0 Å². The van der Waals surface area contributed by atoms with Crippen molar-refractivity contribution >= 4 is 29.6 Å². The lowest BCUT2D eigenvalue weighted by Crippen LogP contribution is -2.54. The number of nitrogens with one attached hydrogen (secondary N) is 1. The molecule has 1 N–H and O–H groups in total. The molecule has 1 aliphatic rings. The summed E-state index contributed by atoms with van der Waals surface area (Å²) in [4.78, 5) is 38.5. The zero-order valence-electron chi connectivity index (χ0n) is 15.5. The van der Waals surface area contributed by atoms with E-state index < -0.39 is 17.8 Å². The van der Waals surface area contributed by atoms with E-state index in [0.29, 0.717) is 17.1 Å². The van der Waals surface area contributed by atoms with Crippen molar-refractivity contribution in [3.05, 3.63) is 53.6 Å². The molecule has 1 heterocycles. The lowest BCUT2D eigenvalue weighted by atomic mass is 10.1. The number of amides is 4. The molecular weight excluding hydrogens is 364 g/mol. The zero-order valence-corrected chi connectivity index (χ0v) is 15.5. The summed E-state index contributed by atoms with van der Waals surface area (Å²) in [7, 11) is 4.41. The molecule has 4 amide bonds. The number of imide groups is 2. The van der Waals surface area contributed by atoms with Gasteiger partial charge in [0.25, 0.3) is 11.8 Å². The summed E-state index contributed by atoms with van der Waals surface area (Å²) >= 11 is 0. The summed E-state index contributed by atoms with van der Waals surface area (Å²) in [5, 5.41) is 2.18. The summed E-state index contributed by atoms with van der Waals surface area (Å²) < 4.78 is 15.5. The largest absolute Gasteiger partial charge is 0.497 e. The van der Waals surface area contributed by atoms with Crippen LogP contribution in [0, 0.1) is 0 Å². The number of nitrogens with zero attached hydrogens (tertiary/aromatic N) is 1. The van der Waals surface area contributed by atoms with Gasteiger partial charge in [-0.3, -0.25) is 14.9 Å². The van der Waals surface area contributed by atoms with Crippen molar-refractivity contribution < 1.29 is 28.6 Å². The van der Waals surface area contributed by atoms with Crippen LogP contribution in [0.2, 0.25) is 0 Å². The Labute approximate surface area is 161 Å². The number of hydrogen-bond acceptors (Lipinski definition) is 6. The summed E-state index contributed by atoms with van der Waals surface area (Å²) in [6.45, 7) is 0. The van der Waals surface area contributed by atoms with Gasteiger partial charge < -0.3 is 14.2 Å². The highest BCUT2D eigenvalue weighted by molar-refractivity contribution is 6.39. The first-order valence-electron chi connectivity index (χ1n) is 8.26. The molecule has 3 rings (SSSR count). The average molecular weight is 382 g/mol. The molecule has 0 saturated carbocycles. The van der Waals surface area contributed by atoms with Crippen LogP contribution in [0.1, 0.15) is 5.56 Å². The Morgan fingerprint density at radius 3 is 2.11 bits per heavy atom. The Balaban J connectivity index is 2.04. The first-order chi connectivity index (χ1) is 13.5. The number of carbonyl (C=O) groups excluding carboxylic acids is 3. The predicted octanol–water partition coefficient (Wildman–Crippen LogP) is 2.38. The Kier molecular flexibility index (Phi) is 5.30. The van der Waals surface area contributed by atoms with Gasteiger partial charge in [0.2, 0.25) is 0 Å². The van der Waals surface area contributed by atoms with E-state index in [9.17, 15) is 14.4 Å². The molecule has 28 heavy (non-hydrogen) atoms. The molecule has 0 aromatic heterocycles. The van der Waals surface area contributed by atoms with Crippen LogP contribution < -0.4 is 24.4 Å². The first kappa shape index (κ1) is 19.0. The number of ether oxygens (including phenoxy) is 3. The molecule has 1 fully saturated rings. The summed E-state index contributed by atoms with van der Waals surface area (Å²) in [6, 6.07) is 10.6. The fraction of sp³-hybridized carbons (Fsp3) is 0.150. The van der Waals surface area contributed by atoms with E-state index in [-0.39, 0.29) is 17.0 Å². The van der Waals surface area contributed by atoms with Crippen molar-refractivity contribution in [2.24, 2.45) is 0 Å². The van der Waals surface area contributed by atoms with E-state index in [1.807, 2.05) is 0 Å². The minimum atomic E-state index is -0.867. The Morgan fingerprint density at radius 1 is 0.857 bits per heavy atom. The van der Waals surface area contributed by atoms with Crippen LogP contribution in [0.4, 0.5) is 10.5 Å². The molecule has 2 aromatic rings. The molecule has 0 bridgehead atoms. The third-order valence-electron chi connectivity index (χ3n) is 4.16. The number of benzene rings is 2. The topological polar surface area (TPSA) is 94.2 Å². The molecule has 2 aromatic carbocycles. The van der Waals surface area contributed by atoms with E-state index >= 15 is 0 Å². The number of anilines is 1. The maximum Gasteiger partial charge on any atom is 0.336 e. The molecule has 8 heteroatoms. The molecule has 0 unspecified atom stereocenters. The van der Waals surface area contributed by atoms with Crippen molar-refractivity contribution in [3.8, 4) is 17.2 Å². The number of barbiturate groups is 1. The van der Waals surface area contributed by atoms with Crippen LogP contribution in [0.3, 0.4) is 0 Å². The van der Waals surface area contributed by atoms with Crippen LogP contribution in [-0.4, -0.2) is 39.2 Å². The van der Waals surface area contributed by atoms with Crippen molar-refractivity contribution in [2.45, 2.75) is 0 Å². The van der Waals surface area contributed by atoms with Gasteiger partial charge in [-0.25, -0.2) is 9.69 Å². The van der Waals surface area contributed by atoms with Gasteiger partial charge in [-0.05, 0) is 35.9 Å². The number of carbonyl (C=O) groups is 3. The van der Waals surface area contributed by atoms with Crippen molar-refractivity contribution in [1.82, 2.24) is 5.32 Å². The number of methoxy groups -OCH3 is 3. The second-order valence-electron chi connectivity index (χ2n) is 5.77. The second kappa shape index (κ2) is 7.83. The van der Waals surface area contributed by atoms with E-state index in [4.69, 9.17) is 14.2 Å². The minimum Gasteiger partial charge on any atom is -0.497 e. The fourth-order valence-electron chi connectivity index (χ4n) is 2.71. The molecule has 0 atom stereocenters. The molecule has 1 saturated heterocycles. The highest BCUT2D eigenvalue weighted by atomic mass is 16.5. The molecular formula is C20H18N2O6. The van der Waals surface area contributed by atoms with Crippen LogP contribution in [-0.2, 0) is 9.59 Å². The zero-order chi connectivity index (χ0) is 20.3. The molecule has 0 radical (unpaired) electrons. The predicted molar refractivity (Wildman–Crippen MR) is 102 cm³/mol. The standard InChI is InChI=1S/C20H18N2O6/c1-26-13-6-4-12(5-7-13)10-15-18(23)21-20(25)22(19(15)24)16-11-14(27-2)8-9-17(16)28-3/h4-11H,1-3H3,(H,21,23,25). The van der Waals surface area contributed by atoms with Crippen LogP contribution in [0.5, 0.6) is 17.2 Å². The monoisotopic (exact) mass is 382 g/mol. The van der Waals surface area contributed by atoms with Gasteiger partial charge >= 0.3 is 6.03 Å². The van der Waals surface area contributed by atoms with Gasteiger partial charge in [-0.1, -0.05) is 12.1 Å². The van der Waals surface area contributed by atoms with Crippen LogP contribution in [0.25, 0.3) is 6.08 Å². The highest BCUT2D eigenvalue weighted by Gasteiger charge is 2.38. The third-order valence-corrected chi connectivity index (χ3v) is 4.16. The fourth-order valence-corrected chi connectivity index (χ4v) is 2.71. The maximum atomic E-state index is 13.0. The van der Waals surface area contributed by atoms with Gasteiger partial charge in [0.1, 0.15) is 22.8 Å². The second-order valence-corrected chi connectivity index (χ2v) is 5.77. The SMILES string of the molecule is COc1ccc(C=C2C(=O)NC(=O)N(c3cc(OC)ccc3OC)C2=O)cc1. The van der Waals surface area contributed by atoms with Gasteiger partial charge in [0, 0.05) is 6.07 Å². The first-order valence-corrected chi connectivity index (χ1v) is 8.26. The van der Waals surface area contributed by atoms with Crippen molar-refractivity contribution in [3.63, 3.8) is 0 Å².